The van der Waals surface area contributed by atoms with Gasteiger partial charge in [0.2, 0.25) is 10.0 Å². The van der Waals surface area contributed by atoms with Crippen LogP contribution in [0.25, 0.3) is 0 Å². The van der Waals surface area contributed by atoms with Crippen LogP contribution >= 0.6 is 0 Å². The molecule has 0 aromatic heterocycles. The first-order chi connectivity index (χ1) is 8.73. The van der Waals surface area contributed by atoms with E-state index in [0.717, 1.165) is 5.56 Å². The summed E-state index contributed by atoms with van der Waals surface area (Å²) < 4.78 is 26.4. The molecule has 0 radical (unpaired) electrons. The van der Waals surface area contributed by atoms with E-state index in [1.165, 1.54) is 11.4 Å². The van der Waals surface area contributed by atoms with Crippen LogP contribution in [0.15, 0.2) is 17.0 Å². The number of nitriles is 1. The van der Waals surface area contributed by atoms with Crippen LogP contribution in [0.4, 0.5) is 5.69 Å². The molecule has 0 aliphatic rings. The Morgan fingerprint density at radius 1 is 1.42 bits per heavy atom. The number of anilines is 1. The van der Waals surface area contributed by atoms with Crippen LogP contribution in [0, 0.1) is 25.2 Å². The molecule has 0 saturated carbocycles. The van der Waals surface area contributed by atoms with Crippen molar-refractivity contribution in [1.82, 2.24) is 4.31 Å². The lowest BCUT2D eigenvalue weighted by Gasteiger charge is -2.24. The highest BCUT2D eigenvalue weighted by Gasteiger charge is 2.29. The fraction of sp³-hybridized carbons (Fsp3) is 0.462. The molecule has 0 aliphatic heterocycles. The number of hydrogen-bond acceptors (Lipinski definition) is 4. The Morgan fingerprint density at radius 3 is 2.53 bits per heavy atom. The van der Waals surface area contributed by atoms with Gasteiger partial charge in [-0.25, -0.2) is 8.42 Å². The van der Waals surface area contributed by atoms with Gasteiger partial charge in [0, 0.05) is 13.1 Å². The summed E-state index contributed by atoms with van der Waals surface area (Å²) in [4.78, 5) is 0.139. The highest BCUT2D eigenvalue weighted by atomic mass is 32.2. The largest absolute Gasteiger partial charge is 0.398 e. The first-order valence-corrected chi connectivity index (χ1v) is 7.38. The zero-order valence-corrected chi connectivity index (χ0v) is 12.5. The van der Waals surface area contributed by atoms with Gasteiger partial charge in [-0.1, -0.05) is 6.07 Å². The third-order valence-corrected chi connectivity index (χ3v) is 5.53. The SMILES string of the molecule is Cc1ccc(N)c(S(=O)(=O)N(C)C(C)CC#N)c1C. The number of nitrogen functional groups attached to an aromatic ring is 1. The first-order valence-electron chi connectivity index (χ1n) is 5.94. The minimum Gasteiger partial charge on any atom is -0.398 e. The predicted octanol–water partition coefficient (Wildman–Crippen LogP) is 1.81. The summed E-state index contributed by atoms with van der Waals surface area (Å²) >= 11 is 0. The smallest absolute Gasteiger partial charge is 0.245 e. The van der Waals surface area contributed by atoms with E-state index in [9.17, 15) is 8.42 Å². The van der Waals surface area contributed by atoms with Crippen LogP contribution in [0.3, 0.4) is 0 Å². The van der Waals surface area contributed by atoms with Crippen molar-refractivity contribution in [3.05, 3.63) is 23.3 Å². The molecule has 0 saturated heterocycles. The zero-order chi connectivity index (χ0) is 14.8. The number of nitrogens with zero attached hydrogens (tertiary/aromatic N) is 2. The summed E-state index contributed by atoms with van der Waals surface area (Å²) in [5.74, 6) is 0. The summed E-state index contributed by atoms with van der Waals surface area (Å²) in [6, 6.07) is 4.97. The molecular weight excluding hydrogens is 262 g/mol. The van der Waals surface area contributed by atoms with E-state index < -0.39 is 16.1 Å². The Balaban J connectivity index is 3.37. The molecule has 1 rings (SSSR count). The van der Waals surface area contributed by atoms with E-state index in [0.29, 0.717) is 5.56 Å². The van der Waals surface area contributed by atoms with E-state index in [1.54, 1.807) is 26.0 Å². The standard InChI is InChI=1S/C13H19N3O2S/c1-9-5-6-12(15)13(11(9)3)19(17,18)16(4)10(2)7-8-14/h5-6,10H,7,15H2,1-4H3. The van der Waals surface area contributed by atoms with Gasteiger partial charge in [-0.15, -0.1) is 0 Å². The highest BCUT2D eigenvalue weighted by molar-refractivity contribution is 7.89. The highest BCUT2D eigenvalue weighted by Crippen LogP contribution is 2.28. The van der Waals surface area contributed by atoms with E-state index in [2.05, 4.69) is 0 Å². The second-order valence-electron chi connectivity index (χ2n) is 4.66. The van der Waals surface area contributed by atoms with Crippen LogP contribution in [0.5, 0.6) is 0 Å². The van der Waals surface area contributed by atoms with Crippen molar-refractivity contribution in [3.63, 3.8) is 0 Å². The second kappa shape index (κ2) is 5.59. The Kier molecular flexibility index (Phi) is 4.56. The average Bonchev–Trinajstić information content (AvgIpc) is 2.33. The predicted molar refractivity (Wildman–Crippen MR) is 75.0 cm³/mol. The lowest BCUT2D eigenvalue weighted by molar-refractivity contribution is 0.393. The number of hydrogen-bond donors (Lipinski definition) is 1. The number of sulfonamides is 1. The van der Waals surface area contributed by atoms with Crippen molar-refractivity contribution in [2.45, 2.75) is 38.1 Å². The van der Waals surface area contributed by atoms with Gasteiger partial charge in [-0.2, -0.15) is 9.57 Å². The maximum Gasteiger partial charge on any atom is 0.245 e. The third-order valence-electron chi connectivity index (χ3n) is 3.35. The van der Waals surface area contributed by atoms with Crippen LogP contribution < -0.4 is 5.73 Å². The third kappa shape index (κ3) is 2.88. The Morgan fingerprint density at radius 2 is 2.00 bits per heavy atom. The second-order valence-corrected chi connectivity index (χ2v) is 6.59. The lowest BCUT2D eigenvalue weighted by Crippen LogP contribution is -2.35. The molecule has 2 N–H and O–H groups in total. The Hall–Kier alpha value is -1.58. The molecule has 6 heteroatoms. The number of aryl methyl sites for hydroxylation is 1. The normalized spacial score (nSPS) is 13.3. The van der Waals surface area contributed by atoms with Gasteiger partial charge < -0.3 is 5.73 Å². The average molecular weight is 281 g/mol. The zero-order valence-electron chi connectivity index (χ0n) is 11.6. The molecule has 1 aromatic rings. The van der Waals surface area contributed by atoms with Gasteiger partial charge in [0.15, 0.2) is 0 Å². The fourth-order valence-electron chi connectivity index (χ4n) is 1.80. The van der Waals surface area contributed by atoms with Crippen molar-refractivity contribution in [2.24, 2.45) is 0 Å². The van der Waals surface area contributed by atoms with Gasteiger partial charge in [0.25, 0.3) is 0 Å². The molecule has 0 fully saturated rings. The van der Waals surface area contributed by atoms with Gasteiger partial charge in [-0.05, 0) is 38.0 Å². The Labute approximate surface area is 114 Å². The quantitative estimate of drug-likeness (QED) is 0.853. The van der Waals surface area contributed by atoms with Crippen molar-refractivity contribution in [1.29, 1.82) is 5.26 Å². The molecule has 104 valence electrons. The van der Waals surface area contributed by atoms with E-state index >= 15 is 0 Å². The molecule has 19 heavy (non-hydrogen) atoms. The number of benzene rings is 1. The van der Waals surface area contributed by atoms with Gasteiger partial charge in [0.05, 0.1) is 18.2 Å². The van der Waals surface area contributed by atoms with Crippen LogP contribution in [0.2, 0.25) is 0 Å². The summed E-state index contributed by atoms with van der Waals surface area (Å²) in [7, 11) is -2.22. The molecule has 0 bridgehead atoms. The summed E-state index contributed by atoms with van der Waals surface area (Å²) in [5, 5.41) is 8.68. The maximum absolute atomic E-state index is 12.6. The fourth-order valence-corrected chi connectivity index (χ4v) is 3.55. The summed E-state index contributed by atoms with van der Waals surface area (Å²) in [6.07, 6.45) is 0.139. The monoisotopic (exact) mass is 281 g/mol. The van der Waals surface area contributed by atoms with Crippen molar-refractivity contribution < 1.29 is 8.42 Å². The van der Waals surface area contributed by atoms with E-state index in [4.69, 9.17) is 11.0 Å². The summed E-state index contributed by atoms with van der Waals surface area (Å²) in [6.45, 7) is 5.27. The molecule has 0 spiro atoms. The molecule has 1 unspecified atom stereocenters. The topological polar surface area (TPSA) is 87.2 Å². The summed E-state index contributed by atoms with van der Waals surface area (Å²) in [5.41, 5.74) is 7.57. The molecule has 5 nitrogen and oxygen atoms in total. The van der Waals surface area contributed by atoms with Gasteiger partial charge in [-0.3, -0.25) is 0 Å². The van der Waals surface area contributed by atoms with E-state index in [1.807, 2.05) is 13.0 Å². The van der Waals surface area contributed by atoms with E-state index in [-0.39, 0.29) is 17.0 Å². The number of rotatable bonds is 4. The van der Waals surface area contributed by atoms with Crippen LogP contribution in [0.1, 0.15) is 24.5 Å². The Bertz CT molecular complexity index is 618. The van der Waals surface area contributed by atoms with Crippen LogP contribution in [-0.2, 0) is 10.0 Å². The minimum absolute atomic E-state index is 0.139. The molecule has 1 atom stereocenters. The molecule has 0 amide bonds. The number of nitrogens with two attached hydrogens (primary N) is 1. The van der Waals surface area contributed by atoms with Crippen molar-refractivity contribution >= 4 is 15.7 Å². The van der Waals surface area contributed by atoms with Gasteiger partial charge in [0.1, 0.15) is 4.90 Å². The minimum atomic E-state index is -3.69. The maximum atomic E-state index is 12.6. The van der Waals surface area contributed by atoms with Crippen molar-refractivity contribution in [3.8, 4) is 6.07 Å². The molecule has 0 heterocycles. The molecule has 1 aromatic carbocycles. The molecular formula is C13H19N3O2S. The van der Waals surface area contributed by atoms with Crippen LogP contribution in [-0.4, -0.2) is 25.8 Å². The molecule has 0 aliphatic carbocycles. The van der Waals surface area contributed by atoms with Gasteiger partial charge >= 0.3 is 0 Å². The lowest BCUT2D eigenvalue weighted by atomic mass is 10.1. The first kappa shape index (κ1) is 15.5. The van der Waals surface area contributed by atoms with Crippen molar-refractivity contribution in [2.75, 3.05) is 12.8 Å².